The van der Waals surface area contributed by atoms with Crippen molar-refractivity contribution in [2.75, 3.05) is 6.54 Å². The molecule has 0 radical (unpaired) electrons. The summed E-state index contributed by atoms with van der Waals surface area (Å²) in [6.07, 6.45) is 1.75. The highest BCUT2D eigenvalue weighted by molar-refractivity contribution is 6.30. The molecule has 2 rings (SSSR count). The van der Waals surface area contributed by atoms with E-state index in [0.717, 1.165) is 5.69 Å². The van der Waals surface area contributed by atoms with Gasteiger partial charge in [0.05, 0.1) is 6.10 Å². The maximum absolute atomic E-state index is 11.9. The number of aliphatic hydroxyl groups excluding tert-OH is 1. The van der Waals surface area contributed by atoms with Crippen molar-refractivity contribution in [3.05, 3.63) is 58.9 Å². The van der Waals surface area contributed by atoms with Crippen LogP contribution in [0.2, 0.25) is 5.02 Å². The Morgan fingerprint density at radius 1 is 1.40 bits per heavy atom. The molecule has 5 heteroatoms. The van der Waals surface area contributed by atoms with Gasteiger partial charge >= 0.3 is 0 Å². The number of halogens is 1. The van der Waals surface area contributed by atoms with Crippen LogP contribution in [-0.4, -0.2) is 22.1 Å². The van der Waals surface area contributed by atoms with Crippen molar-refractivity contribution in [1.82, 2.24) is 9.88 Å². The first kappa shape index (κ1) is 14.6. The van der Waals surface area contributed by atoms with E-state index in [2.05, 4.69) is 5.32 Å². The van der Waals surface area contributed by atoms with Gasteiger partial charge in [-0.25, -0.2) is 0 Å². The number of aliphatic hydroxyl groups is 1. The third kappa shape index (κ3) is 3.62. The Bertz CT molecular complexity index is 595. The van der Waals surface area contributed by atoms with E-state index in [-0.39, 0.29) is 5.91 Å². The van der Waals surface area contributed by atoms with Crippen LogP contribution in [-0.2, 0) is 7.05 Å². The normalized spacial score (nSPS) is 12.2. The van der Waals surface area contributed by atoms with Crippen LogP contribution >= 0.6 is 11.6 Å². The van der Waals surface area contributed by atoms with Gasteiger partial charge in [-0.3, -0.25) is 4.79 Å². The molecule has 0 fully saturated rings. The second-order valence-corrected chi connectivity index (χ2v) is 5.05. The van der Waals surface area contributed by atoms with Crippen molar-refractivity contribution < 1.29 is 9.90 Å². The standard InChI is InChI=1S/C15H17ClN2O2/c1-18-9-3-6-13(18)14(19)7-8-17-15(20)11-4-2-5-12(16)10-11/h2-6,9-10,14,19H,7-8H2,1H3,(H,17,20). The maximum Gasteiger partial charge on any atom is 0.251 e. The van der Waals surface area contributed by atoms with Crippen LogP contribution in [0.4, 0.5) is 0 Å². The van der Waals surface area contributed by atoms with Crippen LogP contribution in [0.5, 0.6) is 0 Å². The number of hydrogen-bond donors (Lipinski definition) is 2. The quantitative estimate of drug-likeness (QED) is 0.890. The molecule has 0 aliphatic rings. The van der Waals surface area contributed by atoms with E-state index < -0.39 is 6.10 Å². The highest BCUT2D eigenvalue weighted by atomic mass is 35.5. The van der Waals surface area contributed by atoms with Gasteiger partial charge in [0.1, 0.15) is 0 Å². The molecular formula is C15H17ClN2O2. The molecule has 20 heavy (non-hydrogen) atoms. The number of aromatic nitrogens is 1. The monoisotopic (exact) mass is 292 g/mol. The number of benzene rings is 1. The number of hydrogen-bond acceptors (Lipinski definition) is 2. The Morgan fingerprint density at radius 2 is 2.20 bits per heavy atom. The zero-order valence-corrected chi connectivity index (χ0v) is 12.0. The summed E-state index contributed by atoms with van der Waals surface area (Å²) < 4.78 is 1.86. The summed E-state index contributed by atoms with van der Waals surface area (Å²) in [5.41, 5.74) is 1.35. The van der Waals surface area contributed by atoms with Crippen LogP contribution in [0.25, 0.3) is 0 Å². The number of aryl methyl sites for hydroxylation is 1. The molecule has 0 aliphatic heterocycles. The molecule has 0 spiro atoms. The predicted octanol–water partition coefficient (Wildman–Crippen LogP) is 2.53. The minimum absolute atomic E-state index is 0.188. The summed E-state index contributed by atoms with van der Waals surface area (Å²) in [6, 6.07) is 10.5. The molecule has 1 unspecified atom stereocenters. The molecule has 1 aromatic heterocycles. The van der Waals surface area contributed by atoms with E-state index in [4.69, 9.17) is 11.6 Å². The Balaban J connectivity index is 1.84. The molecule has 1 aromatic carbocycles. The Kier molecular flexibility index (Phi) is 4.82. The summed E-state index contributed by atoms with van der Waals surface area (Å²) in [6.45, 7) is 0.400. The summed E-state index contributed by atoms with van der Waals surface area (Å²) in [5, 5.41) is 13.3. The minimum Gasteiger partial charge on any atom is -0.387 e. The zero-order valence-electron chi connectivity index (χ0n) is 11.2. The van der Waals surface area contributed by atoms with Gasteiger partial charge in [-0.15, -0.1) is 0 Å². The number of nitrogens with zero attached hydrogens (tertiary/aromatic N) is 1. The van der Waals surface area contributed by atoms with Crippen molar-refractivity contribution in [2.24, 2.45) is 7.05 Å². The summed E-state index contributed by atoms with van der Waals surface area (Å²) >= 11 is 5.84. The molecule has 2 aromatic rings. The van der Waals surface area contributed by atoms with Crippen molar-refractivity contribution in [3.8, 4) is 0 Å². The minimum atomic E-state index is -0.588. The van der Waals surface area contributed by atoms with Crippen LogP contribution < -0.4 is 5.32 Å². The fraction of sp³-hybridized carbons (Fsp3) is 0.267. The predicted molar refractivity (Wildman–Crippen MR) is 78.8 cm³/mol. The van der Waals surface area contributed by atoms with E-state index in [0.29, 0.717) is 23.6 Å². The average molecular weight is 293 g/mol. The van der Waals surface area contributed by atoms with Crippen LogP contribution in [0, 0.1) is 0 Å². The summed E-state index contributed by atoms with van der Waals surface area (Å²) in [5.74, 6) is -0.188. The average Bonchev–Trinajstić information content (AvgIpc) is 2.85. The fourth-order valence-corrected chi connectivity index (χ4v) is 2.21. The first-order valence-electron chi connectivity index (χ1n) is 6.41. The Hall–Kier alpha value is -1.78. The fourth-order valence-electron chi connectivity index (χ4n) is 2.02. The van der Waals surface area contributed by atoms with Crippen molar-refractivity contribution in [2.45, 2.75) is 12.5 Å². The number of carbonyl (C=O) groups excluding carboxylic acids is 1. The van der Waals surface area contributed by atoms with Gasteiger partial charge in [-0.2, -0.15) is 0 Å². The van der Waals surface area contributed by atoms with Gasteiger partial charge in [0.25, 0.3) is 5.91 Å². The molecule has 1 atom stereocenters. The van der Waals surface area contributed by atoms with Crippen LogP contribution in [0.15, 0.2) is 42.6 Å². The zero-order chi connectivity index (χ0) is 14.5. The maximum atomic E-state index is 11.9. The van der Waals surface area contributed by atoms with Gasteiger partial charge in [0.15, 0.2) is 0 Å². The largest absolute Gasteiger partial charge is 0.387 e. The third-order valence-electron chi connectivity index (χ3n) is 3.12. The SMILES string of the molecule is Cn1cccc1C(O)CCNC(=O)c1cccc(Cl)c1. The topological polar surface area (TPSA) is 54.3 Å². The molecule has 0 saturated heterocycles. The van der Waals surface area contributed by atoms with E-state index in [1.165, 1.54) is 0 Å². The first-order valence-corrected chi connectivity index (χ1v) is 6.79. The Morgan fingerprint density at radius 3 is 2.85 bits per heavy atom. The van der Waals surface area contributed by atoms with E-state index in [1.807, 2.05) is 29.9 Å². The van der Waals surface area contributed by atoms with Crippen molar-refractivity contribution >= 4 is 17.5 Å². The van der Waals surface area contributed by atoms with Crippen molar-refractivity contribution in [1.29, 1.82) is 0 Å². The summed E-state index contributed by atoms with van der Waals surface area (Å²) in [7, 11) is 1.88. The van der Waals surface area contributed by atoms with Gasteiger partial charge < -0.3 is 15.0 Å². The van der Waals surface area contributed by atoms with Gasteiger partial charge in [-0.1, -0.05) is 17.7 Å². The Labute approximate surface area is 123 Å². The third-order valence-corrected chi connectivity index (χ3v) is 3.35. The molecule has 2 N–H and O–H groups in total. The molecule has 4 nitrogen and oxygen atoms in total. The van der Waals surface area contributed by atoms with Crippen LogP contribution in [0.3, 0.4) is 0 Å². The number of rotatable bonds is 5. The van der Waals surface area contributed by atoms with Crippen LogP contribution in [0.1, 0.15) is 28.6 Å². The van der Waals surface area contributed by atoms with Gasteiger partial charge in [0, 0.05) is 36.1 Å². The number of amides is 1. The second kappa shape index (κ2) is 6.59. The lowest BCUT2D eigenvalue weighted by Crippen LogP contribution is -2.25. The number of carbonyl (C=O) groups is 1. The first-order chi connectivity index (χ1) is 9.58. The highest BCUT2D eigenvalue weighted by Crippen LogP contribution is 2.16. The lowest BCUT2D eigenvalue weighted by Gasteiger charge is -2.12. The molecule has 0 bridgehead atoms. The van der Waals surface area contributed by atoms with Gasteiger partial charge in [-0.05, 0) is 36.8 Å². The molecule has 106 valence electrons. The lowest BCUT2D eigenvalue weighted by molar-refractivity contribution is 0.0941. The van der Waals surface area contributed by atoms with Crippen molar-refractivity contribution in [3.63, 3.8) is 0 Å². The van der Waals surface area contributed by atoms with E-state index in [9.17, 15) is 9.90 Å². The smallest absolute Gasteiger partial charge is 0.251 e. The molecule has 0 aliphatic carbocycles. The second-order valence-electron chi connectivity index (χ2n) is 4.61. The van der Waals surface area contributed by atoms with E-state index in [1.54, 1.807) is 24.3 Å². The molecule has 1 heterocycles. The molecular weight excluding hydrogens is 276 g/mol. The molecule has 1 amide bonds. The number of nitrogens with one attached hydrogen (secondary N) is 1. The van der Waals surface area contributed by atoms with E-state index >= 15 is 0 Å². The highest BCUT2D eigenvalue weighted by Gasteiger charge is 2.11. The molecule has 0 saturated carbocycles. The summed E-state index contributed by atoms with van der Waals surface area (Å²) in [4.78, 5) is 11.9. The van der Waals surface area contributed by atoms with Gasteiger partial charge in [0.2, 0.25) is 0 Å². The lowest BCUT2D eigenvalue weighted by atomic mass is 10.1.